The van der Waals surface area contributed by atoms with Crippen LogP contribution >= 0.6 is 0 Å². The number of anilines is 1. The van der Waals surface area contributed by atoms with Gasteiger partial charge in [0.1, 0.15) is 0 Å². The normalized spacial score (nSPS) is 25.6. The number of para-hydroxylation sites is 1. The minimum absolute atomic E-state index is 0.0468. The highest BCUT2D eigenvalue weighted by atomic mass is 16.2. The molecule has 4 atom stereocenters. The Kier molecular flexibility index (Phi) is 3.83. The molecule has 3 heteroatoms. The number of aryl methyl sites for hydroxylation is 1. The number of nitrogens with zero attached hydrogens (tertiary/aromatic N) is 1. The Bertz CT molecular complexity index is 1260. The van der Waals surface area contributed by atoms with Crippen LogP contribution < -0.4 is 4.90 Å². The SMILES string of the molecule is Cc1ccccc1N1C(=O)C2C3c4ccccc4C(c4cc(C(C)C)ccc43)C2C1=O. The van der Waals surface area contributed by atoms with E-state index in [1.165, 1.54) is 32.7 Å². The molecular weight excluding hydrogens is 382 g/mol. The predicted molar refractivity (Wildman–Crippen MR) is 121 cm³/mol. The molecule has 0 spiro atoms. The van der Waals surface area contributed by atoms with Crippen molar-refractivity contribution in [1.29, 1.82) is 0 Å². The summed E-state index contributed by atoms with van der Waals surface area (Å²) >= 11 is 0. The van der Waals surface area contributed by atoms with Gasteiger partial charge in [0.05, 0.1) is 17.5 Å². The van der Waals surface area contributed by atoms with Crippen LogP contribution in [0.25, 0.3) is 0 Å². The molecule has 154 valence electrons. The standard InChI is InChI=1S/C28H25NO2/c1-15(2)17-12-13-20-21(14-17)24-19-10-6-5-9-18(19)23(20)25-26(24)28(31)29(27(25)30)22-11-7-4-8-16(22)3/h4-15,23-26H,1-3H3. The maximum atomic E-state index is 13.8. The molecule has 2 bridgehead atoms. The van der Waals surface area contributed by atoms with Crippen LogP contribution in [0.5, 0.6) is 0 Å². The van der Waals surface area contributed by atoms with E-state index in [4.69, 9.17) is 0 Å². The van der Waals surface area contributed by atoms with Crippen molar-refractivity contribution in [2.75, 3.05) is 4.90 Å². The Hall–Kier alpha value is -3.20. The van der Waals surface area contributed by atoms with Crippen molar-refractivity contribution in [3.63, 3.8) is 0 Å². The minimum atomic E-state index is -0.332. The van der Waals surface area contributed by atoms with Crippen molar-refractivity contribution in [1.82, 2.24) is 0 Å². The lowest BCUT2D eigenvalue weighted by Crippen LogP contribution is -2.41. The second-order valence-corrected chi connectivity index (χ2v) is 9.48. The Balaban J connectivity index is 1.58. The van der Waals surface area contributed by atoms with Gasteiger partial charge in [0.15, 0.2) is 0 Å². The van der Waals surface area contributed by atoms with Gasteiger partial charge in [-0.25, -0.2) is 4.90 Å². The number of hydrogen-bond acceptors (Lipinski definition) is 2. The zero-order valence-corrected chi connectivity index (χ0v) is 18.0. The van der Waals surface area contributed by atoms with E-state index in [9.17, 15) is 9.59 Å². The lowest BCUT2D eigenvalue weighted by atomic mass is 9.54. The first-order chi connectivity index (χ1) is 15.0. The van der Waals surface area contributed by atoms with E-state index in [0.29, 0.717) is 5.92 Å². The molecule has 3 nitrogen and oxygen atoms in total. The van der Waals surface area contributed by atoms with Crippen LogP contribution in [0, 0.1) is 18.8 Å². The van der Waals surface area contributed by atoms with Crippen LogP contribution in [-0.4, -0.2) is 11.8 Å². The third kappa shape index (κ3) is 2.35. The number of amides is 2. The second kappa shape index (κ2) is 6.40. The fraction of sp³-hybridized carbons (Fsp3) is 0.286. The Morgan fingerprint density at radius 3 is 1.87 bits per heavy atom. The van der Waals surface area contributed by atoms with Gasteiger partial charge in [0.25, 0.3) is 0 Å². The van der Waals surface area contributed by atoms with Gasteiger partial charge in [-0.05, 0) is 52.3 Å². The summed E-state index contributed by atoms with van der Waals surface area (Å²) in [5.74, 6) is -0.465. The highest BCUT2D eigenvalue weighted by molar-refractivity contribution is 6.23. The molecule has 0 aromatic heterocycles. The monoisotopic (exact) mass is 407 g/mol. The third-order valence-corrected chi connectivity index (χ3v) is 7.59. The summed E-state index contributed by atoms with van der Waals surface area (Å²) in [6, 6.07) is 22.8. The molecular formula is C28H25NO2. The first-order valence-corrected chi connectivity index (χ1v) is 11.1. The van der Waals surface area contributed by atoms with Crippen LogP contribution in [0.2, 0.25) is 0 Å². The number of carbonyl (C=O) groups excluding carboxylic acids is 2. The zero-order valence-electron chi connectivity index (χ0n) is 18.0. The van der Waals surface area contributed by atoms with E-state index in [0.717, 1.165) is 11.3 Å². The maximum absolute atomic E-state index is 13.8. The molecule has 31 heavy (non-hydrogen) atoms. The number of rotatable bonds is 2. The molecule has 1 heterocycles. The molecule has 3 aliphatic carbocycles. The van der Waals surface area contributed by atoms with Gasteiger partial charge in [-0.3, -0.25) is 9.59 Å². The van der Waals surface area contributed by atoms with Crippen molar-refractivity contribution in [3.05, 3.63) is 100 Å². The summed E-state index contributed by atoms with van der Waals surface area (Å²) in [6.07, 6.45) is 0. The van der Waals surface area contributed by atoms with Crippen molar-refractivity contribution < 1.29 is 9.59 Å². The topological polar surface area (TPSA) is 37.4 Å². The molecule has 7 rings (SSSR count). The average molecular weight is 408 g/mol. The number of hydrogen-bond donors (Lipinski definition) is 0. The number of benzene rings is 3. The van der Waals surface area contributed by atoms with Gasteiger partial charge >= 0.3 is 0 Å². The summed E-state index contributed by atoms with van der Waals surface area (Å²) in [5.41, 5.74) is 7.86. The van der Waals surface area contributed by atoms with E-state index in [1.807, 2.05) is 31.2 Å². The Morgan fingerprint density at radius 2 is 1.26 bits per heavy atom. The average Bonchev–Trinajstić information content (AvgIpc) is 3.04. The summed E-state index contributed by atoms with van der Waals surface area (Å²) < 4.78 is 0. The highest BCUT2D eigenvalue weighted by Gasteiger charge is 2.61. The molecule has 4 aliphatic rings. The van der Waals surface area contributed by atoms with Crippen LogP contribution in [0.1, 0.15) is 65.0 Å². The Morgan fingerprint density at radius 1 is 0.710 bits per heavy atom. The summed E-state index contributed by atoms with van der Waals surface area (Å²) in [5, 5.41) is 0. The molecule has 3 aromatic carbocycles. The molecule has 2 amide bonds. The summed E-state index contributed by atoms with van der Waals surface area (Å²) in [4.78, 5) is 29.1. The van der Waals surface area contributed by atoms with Crippen LogP contribution in [0.3, 0.4) is 0 Å². The lowest BCUT2D eigenvalue weighted by Gasteiger charge is -2.46. The van der Waals surface area contributed by atoms with Crippen LogP contribution in [-0.2, 0) is 9.59 Å². The van der Waals surface area contributed by atoms with Gasteiger partial charge in [-0.1, -0.05) is 74.5 Å². The zero-order chi connectivity index (χ0) is 21.4. The second-order valence-electron chi connectivity index (χ2n) is 9.48. The first kappa shape index (κ1) is 18.6. The van der Waals surface area contributed by atoms with E-state index < -0.39 is 0 Å². The van der Waals surface area contributed by atoms with Crippen molar-refractivity contribution in [3.8, 4) is 0 Å². The van der Waals surface area contributed by atoms with E-state index >= 15 is 0 Å². The van der Waals surface area contributed by atoms with Crippen molar-refractivity contribution >= 4 is 17.5 Å². The smallest absolute Gasteiger partial charge is 0.238 e. The number of carbonyl (C=O) groups is 2. The molecule has 3 aromatic rings. The van der Waals surface area contributed by atoms with Gasteiger partial charge < -0.3 is 0 Å². The van der Waals surface area contributed by atoms with E-state index in [-0.39, 0.29) is 35.5 Å². The van der Waals surface area contributed by atoms with Crippen LogP contribution in [0.15, 0.2) is 66.7 Å². The largest absolute Gasteiger partial charge is 0.274 e. The maximum Gasteiger partial charge on any atom is 0.238 e. The van der Waals surface area contributed by atoms with Crippen molar-refractivity contribution in [2.45, 2.75) is 38.5 Å². The molecule has 1 saturated heterocycles. The molecule has 1 fully saturated rings. The Labute approximate surface area is 182 Å². The third-order valence-electron chi connectivity index (χ3n) is 7.59. The van der Waals surface area contributed by atoms with Gasteiger partial charge in [-0.2, -0.15) is 0 Å². The number of imide groups is 1. The molecule has 0 radical (unpaired) electrons. The summed E-state index contributed by atoms with van der Waals surface area (Å²) in [7, 11) is 0. The van der Waals surface area contributed by atoms with Crippen LogP contribution in [0.4, 0.5) is 5.69 Å². The fourth-order valence-corrected chi connectivity index (χ4v) is 6.16. The van der Waals surface area contributed by atoms with E-state index in [1.54, 1.807) is 0 Å². The highest BCUT2D eigenvalue weighted by Crippen LogP contribution is 2.61. The molecule has 0 saturated carbocycles. The van der Waals surface area contributed by atoms with Gasteiger partial charge in [-0.15, -0.1) is 0 Å². The lowest BCUT2D eigenvalue weighted by molar-refractivity contribution is -0.122. The molecule has 1 aliphatic heterocycles. The fourth-order valence-electron chi connectivity index (χ4n) is 6.16. The van der Waals surface area contributed by atoms with Gasteiger partial charge in [0.2, 0.25) is 11.8 Å². The minimum Gasteiger partial charge on any atom is -0.274 e. The predicted octanol–water partition coefficient (Wildman–Crippen LogP) is 5.52. The van der Waals surface area contributed by atoms with Crippen molar-refractivity contribution in [2.24, 2.45) is 11.8 Å². The van der Waals surface area contributed by atoms with E-state index in [2.05, 4.69) is 56.3 Å². The molecule has 0 N–H and O–H groups in total. The summed E-state index contributed by atoms with van der Waals surface area (Å²) in [6.45, 7) is 6.36. The molecule has 4 unspecified atom stereocenters. The quantitative estimate of drug-likeness (QED) is 0.525. The van der Waals surface area contributed by atoms with Gasteiger partial charge in [0, 0.05) is 11.8 Å². The first-order valence-electron chi connectivity index (χ1n) is 11.1.